The number of nitrogens with zero attached hydrogens (tertiary/aromatic N) is 4. The maximum Gasteiger partial charge on any atom is 0.240 e. The summed E-state index contributed by atoms with van der Waals surface area (Å²) in [5, 5.41) is 18.9. The molecule has 0 aliphatic heterocycles. The first-order valence-electron chi connectivity index (χ1n) is 11.6. The fourth-order valence-corrected chi connectivity index (χ4v) is 4.97. The number of aromatic nitrogens is 4. The summed E-state index contributed by atoms with van der Waals surface area (Å²) in [4.78, 5) is 9.46. The maximum absolute atomic E-state index is 12.1. The van der Waals surface area contributed by atoms with Crippen LogP contribution in [-0.2, 0) is 16.6 Å². The number of unbranched alkanes of at least 4 members (excludes halogenated alkanes) is 1. The lowest BCUT2D eigenvalue weighted by Gasteiger charge is -2.25. The number of hydrogen-bond donors (Lipinski definition) is 3. The van der Waals surface area contributed by atoms with Crippen LogP contribution in [0.15, 0.2) is 35.4 Å². The van der Waals surface area contributed by atoms with E-state index in [0.29, 0.717) is 11.9 Å². The molecule has 1 fully saturated rings. The lowest BCUT2D eigenvalue weighted by molar-refractivity contribution is 0.103. The SMILES string of the molecule is CCCCNc1ncc2c(-c3ccc(S(=O)(=O)NC)cc3)nn(CC3CCC(O)CC3)c2n1. The number of rotatable bonds is 9. The van der Waals surface area contributed by atoms with Gasteiger partial charge in [0.2, 0.25) is 16.0 Å². The summed E-state index contributed by atoms with van der Waals surface area (Å²) in [5.74, 6) is 1.01. The summed E-state index contributed by atoms with van der Waals surface area (Å²) in [6.45, 7) is 3.67. The van der Waals surface area contributed by atoms with Gasteiger partial charge in [0.1, 0.15) is 5.69 Å². The Morgan fingerprint density at radius 1 is 1.15 bits per heavy atom. The summed E-state index contributed by atoms with van der Waals surface area (Å²) in [5.41, 5.74) is 2.30. The quantitative estimate of drug-likeness (QED) is 0.409. The van der Waals surface area contributed by atoms with Gasteiger partial charge < -0.3 is 10.4 Å². The van der Waals surface area contributed by atoms with Crippen LogP contribution in [0.25, 0.3) is 22.3 Å². The molecule has 1 saturated carbocycles. The molecule has 0 bridgehead atoms. The normalized spacial score (nSPS) is 19.1. The molecule has 2 aromatic heterocycles. The number of hydrogen-bond acceptors (Lipinski definition) is 7. The molecule has 0 unspecified atom stereocenters. The largest absolute Gasteiger partial charge is 0.393 e. The number of anilines is 1. The number of nitrogens with one attached hydrogen (secondary N) is 2. The van der Waals surface area contributed by atoms with Crippen molar-refractivity contribution >= 4 is 27.0 Å². The van der Waals surface area contributed by atoms with Gasteiger partial charge in [0, 0.05) is 24.8 Å². The number of fused-ring (bicyclic) bond motifs is 1. The Morgan fingerprint density at radius 3 is 2.55 bits per heavy atom. The van der Waals surface area contributed by atoms with Crippen LogP contribution in [0, 0.1) is 5.92 Å². The molecule has 10 heteroatoms. The highest BCUT2D eigenvalue weighted by Gasteiger charge is 2.23. The zero-order valence-electron chi connectivity index (χ0n) is 19.2. The Kier molecular flexibility index (Phi) is 7.26. The molecule has 0 saturated heterocycles. The fraction of sp³-hybridized carbons (Fsp3) is 0.522. The van der Waals surface area contributed by atoms with Gasteiger partial charge >= 0.3 is 0 Å². The molecule has 1 aromatic carbocycles. The van der Waals surface area contributed by atoms with E-state index in [-0.39, 0.29) is 11.0 Å². The minimum absolute atomic E-state index is 0.199. The van der Waals surface area contributed by atoms with Crippen molar-refractivity contribution in [2.24, 2.45) is 5.92 Å². The molecule has 0 amide bonds. The monoisotopic (exact) mass is 472 g/mol. The summed E-state index contributed by atoms with van der Waals surface area (Å²) in [6.07, 6.45) is 7.27. The zero-order valence-corrected chi connectivity index (χ0v) is 20.0. The van der Waals surface area contributed by atoms with E-state index in [2.05, 4.69) is 21.9 Å². The third-order valence-electron chi connectivity index (χ3n) is 6.26. The van der Waals surface area contributed by atoms with E-state index in [1.165, 1.54) is 7.05 Å². The summed E-state index contributed by atoms with van der Waals surface area (Å²) in [6, 6.07) is 6.69. The summed E-state index contributed by atoms with van der Waals surface area (Å²) in [7, 11) is -2.11. The van der Waals surface area contributed by atoms with Crippen molar-refractivity contribution in [3.8, 4) is 11.3 Å². The second-order valence-corrected chi connectivity index (χ2v) is 10.5. The van der Waals surface area contributed by atoms with E-state index in [1.54, 1.807) is 30.5 Å². The molecule has 1 aliphatic rings. The molecule has 0 radical (unpaired) electrons. The topological polar surface area (TPSA) is 122 Å². The first-order valence-corrected chi connectivity index (χ1v) is 13.1. The second-order valence-electron chi connectivity index (χ2n) is 8.65. The van der Waals surface area contributed by atoms with Gasteiger partial charge in [0.25, 0.3) is 0 Å². The first-order chi connectivity index (χ1) is 15.9. The van der Waals surface area contributed by atoms with Crippen molar-refractivity contribution < 1.29 is 13.5 Å². The standard InChI is InChI=1S/C23H32N6O3S/c1-3-4-13-25-23-26-14-20-21(17-7-11-19(12-8-17)33(31,32)24-2)28-29(22(20)27-23)15-16-5-9-18(30)10-6-16/h7-8,11-12,14,16,18,24,30H,3-6,9-10,13,15H2,1-2H3,(H,25,26,27). The Balaban J connectivity index is 1.70. The van der Waals surface area contributed by atoms with Gasteiger partial charge in [0.05, 0.1) is 16.4 Å². The van der Waals surface area contributed by atoms with Gasteiger partial charge in [0.15, 0.2) is 5.65 Å². The fourth-order valence-electron chi connectivity index (χ4n) is 4.24. The number of aliphatic hydroxyl groups is 1. The van der Waals surface area contributed by atoms with E-state index in [0.717, 1.165) is 73.9 Å². The van der Waals surface area contributed by atoms with Crippen LogP contribution in [0.2, 0.25) is 0 Å². The summed E-state index contributed by atoms with van der Waals surface area (Å²) >= 11 is 0. The Bertz CT molecular complexity index is 1180. The highest BCUT2D eigenvalue weighted by Crippen LogP contribution is 2.31. The third-order valence-corrected chi connectivity index (χ3v) is 7.69. The number of sulfonamides is 1. The Labute approximate surface area is 194 Å². The minimum Gasteiger partial charge on any atom is -0.393 e. The summed E-state index contributed by atoms with van der Waals surface area (Å²) < 4.78 is 28.4. The molecule has 178 valence electrons. The van der Waals surface area contributed by atoms with Gasteiger partial charge in [-0.15, -0.1) is 0 Å². The predicted octanol–water partition coefficient (Wildman–Crippen LogP) is 3.16. The molecule has 33 heavy (non-hydrogen) atoms. The van der Waals surface area contributed by atoms with Crippen molar-refractivity contribution in [3.05, 3.63) is 30.5 Å². The van der Waals surface area contributed by atoms with Crippen molar-refractivity contribution in [1.82, 2.24) is 24.5 Å². The molecule has 9 nitrogen and oxygen atoms in total. The van der Waals surface area contributed by atoms with Crippen LogP contribution in [0.5, 0.6) is 0 Å². The molecule has 1 aliphatic carbocycles. The molecule has 3 aromatic rings. The van der Waals surface area contributed by atoms with Gasteiger partial charge in [-0.2, -0.15) is 10.1 Å². The number of aliphatic hydroxyl groups excluding tert-OH is 1. The van der Waals surface area contributed by atoms with Crippen LogP contribution in [0.1, 0.15) is 45.4 Å². The van der Waals surface area contributed by atoms with E-state index in [1.807, 2.05) is 4.68 Å². The Morgan fingerprint density at radius 2 is 1.88 bits per heavy atom. The lowest BCUT2D eigenvalue weighted by Crippen LogP contribution is -2.22. The second kappa shape index (κ2) is 10.1. The van der Waals surface area contributed by atoms with E-state index < -0.39 is 10.0 Å². The third kappa shape index (κ3) is 5.34. The molecule has 0 atom stereocenters. The van der Waals surface area contributed by atoms with Crippen molar-refractivity contribution in [2.75, 3.05) is 18.9 Å². The highest BCUT2D eigenvalue weighted by molar-refractivity contribution is 7.89. The highest BCUT2D eigenvalue weighted by atomic mass is 32.2. The van der Waals surface area contributed by atoms with Gasteiger partial charge in [-0.3, -0.25) is 0 Å². The molecule has 4 rings (SSSR count). The zero-order chi connectivity index (χ0) is 23.4. The van der Waals surface area contributed by atoms with E-state index >= 15 is 0 Å². The van der Waals surface area contributed by atoms with Gasteiger partial charge in [-0.05, 0) is 57.2 Å². The van der Waals surface area contributed by atoms with Crippen LogP contribution in [0.3, 0.4) is 0 Å². The molecular formula is C23H32N6O3S. The van der Waals surface area contributed by atoms with E-state index in [9.17, 15) is 13.5 Å². The molecule has 2 heterocycles. The smallest absolute Gasteiger partial charge is 0.240 e. The number of benzene rings is 1. The average Bonchev–Trinajstić information content (AvgIpc) is 3.18. The van der Waals surface area contributed by atoms with E-state index in [4.69, 9.17) is 10.1 Å². The van der Waals surface area contributed by atoms with Crippen LogP contribution in [0.4, 0.5) is 5.95 Å². The van der Waals surface area contributed by atoms with Crippen LogP contribution < -0.4 is 10.0 Å². The lowest BCUT2D eigenvalue weighted by atomic mass is 9.87. The minimum atomic E-state index is -3.50. The maximum atomic E-state index is 12.1. The Hall–Kier alpha value is -2.56. The van der Waals surface area contributed by atoms with Gasteiger partial charge in [-0.25, -0.2) is 22.8 Å². The first kappa shape index (κ1) is 23.6. The average molecular weight is 473 g/mol. The molecule has 0 spiro atoms. The van der Waals surface area contributed by atoms with Crippen molar-refractivity contribution in [3.63, 3.8) is 0 Å². The van der Waals surface area contributed by atoms with Gasteiger partial charge in [-0.1, -0.05) is 25.5 Å². The van der Waals surface area contributed by atoms with Crippen molar-refractivity contribution in [2.45, 2.75) is 63.0 Å². The van der Waals surface area contributed by atoms with Crippen LogP contribution >= 0.6 is 0 Å². The molecular weight excluding hydrogens is 440 g/mol. The van der Waals surface area contributed by atoms with Crippen LogP contribution in [-0.4, -0.2) is 53.0 Å². The molecule has 3 N–H and O–H groups in total. The predicted molar refractivity (Wildman–Crippen MR) is 128 cm³/mol. The van der Waals surface area contributed by atoms with Crippen molar-refractivity contribution in [1.29, 1.82) is 0 Å².